The molecule has 1 heterocycles. The highest BCUT2D eigenvalue weighted by molar-refractivity contribution is 7.99. The van der Waals surface area contributed by atoms with Crippen molar-refractivity contribution in [2.75, 3.05) is 16.8 Å². The van der Waals surface area contributed by atoms with Gasteiger partial charge in [-0.1, -0.05) is 6.07 Å². The second kappa shape index (κ2) is 6.66. The van der Waals surface area contributed by atoms with Gasteiger partial charge in [0.1, 0.15) is 5.82 Å². The molecule has 0 unspecified atom stereocenters. The minimum absolute atomic E-state index is 0.241. The number of thioether (sulfide) groups is 1. The second-order valence-electron chi connectivity index (χ2n) is 5.42. The molecule has 0 aromatic heterocycles. The van der Waals surface area contributed by atoms with Gasteiger partial charge in [-0.3, -0.25) is 5.32 Å². The molecule has 116 valence electrons. The maximum atomic E-state index is 14.2. The number of carbonyl (C=O) groups is 1. The van der Waals surface area contributed by atoms with E-state index in [1.807, 2.05) is 0 Å². The van der Waals surface area contributed by atoms with Gasteiger partial charge in [0.25, 0.3) is 0 Å². The van der Waals surface area contributed by atoms with Crippen LogP contribution in [0.3, 0.4) is 0 Å². The van der Waals surface area contributed by atoms with Crippen LogP contribution < -0.4 is 5.32 Å². The summed E-state index contributed by atoms with van der Waals surface area (Å²) in [5, 5.41) is 13.0. The molecular formula is C15H20FNO3S. The highest BCUT2D eigenvalue weighted by Gasteiger charge is 2.33. The van der Waals surface area contributed by atoms with Crippen LogP contribution in [0.25, 0.3) is 0 Å². The van der Waals surface area contributed by atoms with Crippen molar-refractivity contribution in [3.63, 3.8) is 0 Å². The van der Waals surface area contributed by atoms with Crippen molar-refractivity contribution < 1.29 is 19.0 Å². The third-order valence-corrected chi connectivity index (χ3v) is 4.37. The zero-order valence-corrected chi connectivity index (χ0v) is 13.0. The third-order valence-electron chi connectivity index (χ3n) is 3.38. The Bertz CT molecular complexity index is 516. The van der Waals surface area contributed by atoms with E-state index in [2.05, 4.69) is 5.32 Å². The zero-order valence-electron chi connectivity index (χ0n) is 12.2. The maximum Gasteiger partial charge on any atom is 0.411 e. The molecule has 1 aromatic carbocycles. The number of rotatable bonds is 3. The molecule has 2 rings (SSSR count). The van der Waals surface area contributed by atoms with Gasteiger partial charge in [0.2, 0.25) is 0 Å². The summed E-state index contributed by atoms with van der Waals surface area (Å²) >= 11 is 1.76. The van der Waals surface area contributed by atoms with E-state index >= 15 is 0 Å². The molecule has 1 aromatic rings. The Balaban J connectivity index is 2.12. The molecule has 1 fully saturated rings. The molecule has 0 spiro atoms. The van der Waals surface area contributed by atoms with Crippen LogP contribution in [0, 0.1) is 5.82 Å². The average molecular weight is 313 g/mol. The smallest absolute Gasteiger partial charge is 0.411 e. The molecule has 6 heteroatoms. The summed E-state index contributed by atoms with van der Waals surface area (Å²) in [5.74, 6) is 1.12. The van der Waals surface area contributed by atoms with Crippen molar-refractivity contribution in [1.29, 1.82) is 0 Å². The van der Waals surface area contributed by atoms with Gasteiger partial charge in [-0.05, 0) is 50.3 Å². The first-order chi connectivity index (χ1) is 9.90. The molecule has 0 aliphatic carbocycles. The molecule has 0 bridgehead atoms. The fraction of sp³-hybridized carbons (Fsp3) is 0.533. The average Bonchev–Trinajstić information content (AvgIpc) is 2.38. The third kappa shape index (κ3) is 4.11. The quantitative estimate of drug-likeness (QED) is 0.897. The van der Waals surface area contributed by atoms with Crippen LogP contribution in [0.5, 0.6) is 0 Å². The molecule has 0 saturated carbocycles. The van der Waals surface area contributed by atoms with E-state index in [0.29, 0.717) is 24.1 Å². The first kappa shape index (κ1) is 16.1. The van der Waals surface area contributed by atoms with Gasteiger partial charge in [0.15, 0.2) is 0 Å². The minimum Gasteiger partial charge on any atom is -0.447 e. The van der Waals surface area contributed by atoms with Crippen molar-refractivity contribution in [2.45, 2.75) is 38.4 Å². The number of hydrogen-bond donors (Lipinski definition) is 2. The molecule has 0 radical (unpaired) electrons. The summed E-state index contributed by atoms with van der Waals surface area (Å²) in [7, 11) is 0. The highest BCUT2D eigenvalue weighted by Crippen LogP contribution is 2.37. The number of nitrogens with one attached hydrogen (secondary N) is 1. The summed E-state index contributed by atoms with van der Waals surface area (Å²) in [6, 6.07) is 4.34. The van der Waals surface area contributed by atoms with Crippen LogP contribution in [-0.4, -0.2) is 28.8 Å². The summed E-state index contributed by atoms with van der Waals surface area (Å²) in [6.45, 7) is 3.47. The first-order valence-electron chi connectivity index (χ1n) is 6.98. The summed E-state index contributed by atoms with van der Waals surface area (Å²) < 4.78 is 19.2. The molecule has 0 atom stereocenters. The fourth-order valence-electron chi connectivity index (χ4n) is 2.31. The lowest BCUT2D eigenvalue weighted by atomic mass is 9.87. The normalized spacial score (nSPS) is 17.6. The zero-order chi connectivity index (χ0) is 15.5. The van der Waals surface area contributed by atoms with Gasteiger partial charge >= 0.3 is 6.09 Å². The van der Waals surface area contributed by atoms with Gasteiger partial charge in [-0.15, -0.1) is 0 Å². The van der Waals surface area contributed by atoms with Crippen molar-refractivity contribution in [2.24, 2.45) is 0 Å². The number of halogens is 1. The molecular weight excluding hydrogens is 293 g/mol. The van der Waals surface area contributed by atoms with Crippen LogP contribution in [0.2, 0.25) is 0 Å². The molecule has 2 N–H and O–H groups in total. The predicted octanol–water partition coefficient (Wildman–Crippen LogP) is 3.50. The molecule has 1 aliphatic heterocycles. The van der Waals surface area contributed by atoms with E-state index in [1.54, 1.807) is 31.7 Å². The SMILES string of the molecule is CC(C)OC(=O)Nc1ccc(C2(O)CCSCC2)c(F)c1. The Morgan fingerprint density at radius 3 is 2.67 bits per heavy atom. The number of amides is 1. The van der Waals surface area contributed by atoms with E-state index in [1.165, 1.54) is 12.1 Å². The number of aliphatic hydroxyl groups is 1. The van der Waals surface area contributed by atoms with Gasteiger partial charge in [0.05, 0.1) is 11.7 Å². The van der Waals surface area contributed by atoms with Gasteiger partial charge in [0, 0.05) is 11.3 Å². The van der Waals surface area contributed by atoms with Crippen LogP contribution in [0.15, 0.2) is 18.2 Å². The van der Waals surface area contributed by atoms with Crippen molar-refractivity contribution in [3.05, 3.63) is 29.6 Å². The molecule has 1 amide bonds. The number of benzene rings is 1. The summed E-state index contributed by atoms with van der Waals surface area (Å²) in [4.78, 5) is 11.5. The van der Waals surface area contributed by atoms with Crippen molar-refractivity contribution >= 4 is 23.5 Å². The van der Waals surface area contributed by atoms with Gasteiger partial charge in [-0.25, -0.2) is 9.18 Å². The lowest BCUT2D eigenvalue weighted by molar-refractivity contribution is 0.0246. The second-order valence-corrected chi connectivity index (χ2v) is 6.64. The molecule has 21 heavy (non-hydrogen) atoms. The first-order valence-corrected chi connectivity index (χ1v) is 8.14. The Morgan fingerprint density at radius 2 is 2.10 bits per heavy atom. The Morgan fingerprint density at radius 1 is 1.43 bits per heavy atom. The number of hydrogen-bond acceptors (Lipinski definition) is 4. The lowest BCUT2D eigenvalue weighted by Gasteiger charge is -2.32. The largest absolute Gasteiger partial charge is 0.447 e. The highest BCUT2D eigenvalue weighted by atomic mass is 32.2. The van der Waals surface area contributed by atoms with Crippen LogP contribution in [-0.2, 0) is 10.3 Å². The monoisotopic (exact) mass is 313 g/mol. The molecule has 1 aliphatic rings. The van der Waals surface area contributed by atoms with E-state index in [-0.39, 0.29) is 6.10 Å². The van der Waals surface area contributed by atoms with Crippen molar-refractivity contribution in [3.8, 4) is 0 Å². The number of anilines is 1. The van der Waals surface area contributed by atoms with Crippen LogP contribution >= 0.6 is 11.8 Å². The number of carbonyl (C=O) groups excluding carboxylic acids is 1. The lowest BCUT2D eigenvalue weighted by Crippen LogP contribution is -2.31. The number of ether oxygens (including phenoxy) is 1. The Labute approximate surface area is 128 Å². The van der Waals surface area contributed by atoms with Crippen molar-refractivity contribution in [1.82, 2.24) is 0 Å². The van der Waals surface area contributed by atoms with E-state index in [4.69, 9.17) is 4.74 Å². The Kier molecular flexibility index (Phi) is 5.11. The standard InChI is InChI=1S/C15H20FNO3S/c1-10(2)20-14(18)17-11-3-4-12(13(16)9-11)15(19)5-7-21-8-6-15/h3-4,9-10,19H,5-8H2,1-2H3,(H,17,18). The van der Waals surface area contributed by atoms with Gasteiger partial charge < -0.3 is 9.84 Å². The van der Waals surface area contributed by atoms with E-state index in [9.17, 15) is 14.3 Å². The predicted molar refractivity (Wildman–Crippen MR) is 82.1 cm³/mol. The summed E-state index contributed by atoms with van der Waals surface area (Å²) in [5.41, 5.74) is -0.493. The van der Waals surface area contributed by atoms with Crippen LogP contribution in [0.1, 0.15) is 32.3 Å². The topological polar surface area (TPSA) is 58.6 Å². The summed E-state index contributed by atoms with van der Waals surface area (Å²) in [6.07, 6.45) is 0.215. The van der Waals surface area contributed by atoms with E-state index < -0.39 is 17.5 Å². The molecule has 1 saturated heterocycles. The molecule has 4 nitrogen and oxygen atoms in total. The maximum absolute atomic E-state index is 14.2. The Hall–Kier alpha value is -1.27. The fourth-order valence-corrected chi connectivity index (χ4v) is 3.48. The van der Waals surface area contributed by atoms with Crippen LogP contribution in [0.4, 0.5) is 14.9 Å². The minimum atomic E-state index is -1.10. The van der Waals surface area contributed by atoms with E-state index in [0.717, 1.165) is 11.5 Å². The van der Waals surface area contributed by atoms with Gasteiger partial charge in [-0.2, -0.15) is 11.8 Å².